The van der Waals surface area contributed by atoms with Gasteiger partial charge in [0.15, 0.2) is 0 Å². The summed E-state index contributed by atoms with van der Waals surface area (Å²) >= 11 is 0. The number of epoxide rings is 2. The van der Waals surface area contributed by atoms with E-state index in [1.807, 2.05) is 0 Å². The molecule has 2 aliphatic carbocycles. The van der Waals surface area contributed by atoms with Crippen LogP contribution in [0.15, 0.2) is 0 Å². The Morgan fingerprint density at radius 3 is 1.74 bits per heavy atom. The molecule has 0 bridgehead atoms. The standard InChI is InChI=1S/C19H32O4/c1-18-6-4-14(10-16(18)22-18)12-20-8-3-9-21-13-15-5-7-19(2)17(11-15)23-19/h14-17H,3-13H2,1-2H3. The predicted octanol–water partition coefficient (Wildman–Crippen LogP) is 3.32. The van der Waals surface area contributed by atoms with Gasteiger partial charge in [0.2, 0.25) is 0 Å². The molecule has 0 aromatic rings. The van der Waals surface area contributed by atoms with Crippen molar-refractivity contribution in [1.82, 2.24) is 0 Å². The fourth-order valence-corrected chi connectivity index (χ4v) is 4.51. The van der Waals surface area contributed by atoms with Crippen molar-refractivity contribution >= 4 is 0 Å². The molecule has 4 aliphatic rings. The van der Waals surface area contributed by atoms with E-state index in [0.29, 0.717) is 24.0 Å². The molecule has 2 heterocycles. The first-order valence-electron chi connectivity index (χ1n) is 9.58. The van der Waals surface area contributed by atoms with E-state index in [0.717, 1.165) is 32.8 Å². The van der Waals surface area contributed by atoms with Crippen LogP contribution in [0.5, 0.6) is 0 Å². The zero-order valence-corrected chi connectivity index (χ0v) is 14.7. The minimum atomic E-state index is 0.229. The Bertz CT molecular complexity index is 390. The normalized spacial score (nSPS) is 47.7. The first kappa shape index (κ1) is 16.3. The molecule has 132 valence electrons. The van der Waals surface area contributed by atoms with Gasteiger partial charge in [-0.15, -0.1) is 0 Å². The van der Waals surface area contributed by atoms with Crippen molar-refractivity contribution in [1.29, 1.82) is 0 Å². The third-order valence-electron chi connectivity index (χ3n) is 6.55. The second-order valence-corrected chi connectivity index (χ2v) is 8.62. The fraction of sp³-hybridized carbons (Fsp3) is 1.00. The van der Waals surface area contributed by atoms with Crippen molar-refractivity contribution in [3.8, 4) is 0 Å². The number of hydrogen-bond donors (Lipinski definition) is 0. The summed E-state index contributed by atoms with van der Waals surface area (Å²) in [6.07, 6.45) is 9.35. The number of rotatable bonds is 8. The smallest absolute Gasteiger partial charge is 0.0920 e. The van der Waals surface area contributed by atoms with Gasteiger partial charge in [0.25, 0.3) is 0 Å². The second kappa shape index (κ2) is 6.29. The molecule has 2 aliphatic heterocycles. The minimum Gasteiger partial charge on any atom is -0.381 e. The Hall–Kier alpha value is -0.160. The molecule has 2 saturated heterocycles. The van der Waals surface area contributed by atoms with E-state index < -0.39 is 0 Å². The fourth-order valence-electron chi connectivity index (χ4n) is 4.51. The van der Waals surface area contributed by atoms with Crippen molar-refractivity contribution < 1.29 is 18.9 Å². The molecule has 4 nitrogen and oxygen atoms in total. The van der Waals surface area contributed by atoms with Crippen molar-refractivity contribution in [3.05, 3.63) is 0 Å². The molecule has 4 fully saturated rings. The average molecular weight is 324 g/mol. The topological polar surface area (TPSA) is 43.5 Å². The minimum absolute atomic E-state index is 0.229. The van der Waals surface area contributed by atoms with Gasteiger partial charge < -0.3 is 18.9 Å². The molecule has 0 N–H and O–H groups in total. The van der Waals surface area contributed by atoms with Crippen LogP contribution in [-0.4, -0.2) is 49.8 Å². The summed E-state index contributed by atoms with van der Waals surface area (Å²) in [4.78, 5) is 0. The van der Waals surface area contributed by atoms with Gasteiger partial charge in [0.05, 0.1) is 23.4 Å². The van der Waals surface area contributed by atoms with Crippen LogP contribution < -0.4 is 0 Å². The van der Waals surface area contributed by atoms with Crippen LogP contribution in [0.2, 0.25) is 0 Å². The third kappa shape index (κ3) is 3.76. The Balaban J connectivity index is 0.992. The lowest BCUT2D eigenvalue weighted by atomic mass is 9.83. The summed E-state index contributed by atoms with van der Waals surface area (Å²) in [5.41, 5.74) is 0.457. The maximum Gasteiger partial charge on any atom is 0.0920 e. The molecule has 4 rings (SSSR count). The SMILES string of the molecule is CC12CCC(COCCCOCC3CCC4(C)OC4C3)CC1O2. The van der Waals surface area contributed by atoms with Crippen LogP contribution in [0.1, 0.15) is 58.8 Å². The van der Waals surface area contributed by atoms with Gasteiger partial charge in [-0.25, -0.2) is 0 Å². The maximum atomic E-state index is 5.85. The average Bonchev–Trinajstić information content (AvgIpc) is 3.39. The van der Waals surface area contributed by atoms with Crippen molar-refractivity contribution in [3.63, 3.8) is 0 Å². The molecule has 0 aromatic carbocycles. The largest absolute Gasteiger partial charge is 0.381 e. The Morgan fingerprint density at radius 2 is 1.30 bits per heavy atom. The van der Waals surface area contributed by atoms with Crippen LogP contribution in [0.4, 0.5) is 0 Å². The van der Waals surface area contributed by atoms with E-state index in [2.05, 4.69) is 13.8 Å². The summed E-state index contributed by atoms with van der Waals surface area (Å²) in [6, 6.07) is 0. The molecule has 2 saturated carbocycles. The van der Waals surface area contributed by atoms with Crippen molar-refractivity contribution in [2.75, 3.05) is 26.4 Å². The highest BCUT2D eigenvalue weighted by molar-refractivity contribution is 5.04. The van der Waals surface area contributed by atoms with Gasteiger partial charge in [-0.2, -0.15) is 0 Å². The summed E-state index contributed by atoms with van der Waals surface area (Å²) in [6.45, 7) is 7.94. The van der Waals surface area contributed by atoms with Gasteiger partial charge in [0.1, 0.15) is 0 Å². The lowest BCUT2D eigenvalue weighted by molar-refractivity contribution is 0.0452. The first-order chi connectivity index (χ1) is 11.1. The highest BCUT2D eigenvalue weighted by atomic mass is 16.6. The van der Waals surface area contributed by atoms with E-state index in [-0.39, 0.29) is 11.2 Å². The number of fused-ring (bicyclic) bond motifs is 2. The summed E-state index contributed by atoms with van der Waals surface area (Å²) < 4.78 is 23.2. The molecule has 6 unspecified atom stereocenters. The highest BCUT2D eigenvalue weighted by Crippen LogP contribution is 2.49. The Kier molecular flexibility index (Phi) is 4.46. The Labute approximate surface area is 140 Å². The van der Waals surface area contributed by atoms with E-state index in [4.69, 9.17) is 18.9 Å². The van der Waals surface area contributed by atoms with E-state index in [1.165, 1.54) is 38.5 Å². The van der Waals surface area contributed by atoms with Crippen LogP contribution in [0, 0.1) is 11.8 Å². The monoisotopic (exact) mass is 324 g/mol. The third-order valence-corrected chi connectivity index (χ3v) is 6.55. The number of hydrogen-bond acceptors (Lipinski definition) is 4. The molecule has 6 atom stereocenters. The van der Waals surface area contributed by atoms with Gasteiger partial charge >= 0.3 is 0 Å². The van der Waals surface area contributed by atoms with Gasteiger partial charge in [-0.1, -0.05) is 0 Å². The molecule has 0 spiro atoms. The quantitative estimate of drug-likeness (QED) is 0.507. The van der Waals surface area contributed by atoms with E-state index in [1.54, 1.807) is 0 Å². The van der Waals surface area contributed by atoms with Crippen LogP contribution in [-0.2, 0) is 18.9 Å². The van der Waals surface area contributed by atoms with Crippen molar-refractivity contribution in [2.45, 2.75) is 82.2 Å². The van der Waals surface area contributed by atoms with Crippen LogP contribution in [0.25, 0.3) is 0 Å². The molecule has 0 aromatic heterocycles. The summed E-state index contributed by atoms with van der Waals surface area (Å²) in [5.74, 6) is 1.40. The highest BCUT2D eigenvalue weighted by Gasteiger charge is 2.55. The first-order valence-corrected chi connectivity index (χ1v) is 9.58. The molecule has 23 heavy (non-hydrogen) atoms. The van der Waals surface area contributed by atoms with Crippen molar-refractivity contribution in [2.24, 2.45) is 11.8 Å². The van der Waals surface area contributed by atoms with Crippen LogP contribution >= 0.6 is 0 Å². The molecule has 0 radical (unpaired) electrons. The predicted molar refractivity (Wildman–Crippen MR) is 87.5 cm³/mol. The Morgan fingerprint density at radius 1 is 0.826 bits per heavy atom. The molecule has 0 amide bonds. The van der Waals surface area contributed by atoms with Gasteiger partial charge in [0, 0.05) is 26.4 Å². The lowest BCUT2D eigenvalue weighted by Gasteiger charge is -2.23. The van der Waals surface area contributed by atoms with Gasteiger partial charge in [-0.05, 0) is 70.6 Å². The zero-order valence-electron chi connectivity index (χ0n) is 14.7. The maximum absolute atomic E-state index is 5.85. The van der Waals surface area contributed by atoms with Gasteiger partial charge in [-0.3, -0.25) is 0 Å². The molecular formula is C19H32O4. The molecular weight excluding hydrogens is 292 g/mol. The molecule has 4 heteroatoms. The summed E-state index contributed by atoms with van der Waals surface area (Å²) in [7, 11) is 0. The summed E-state index contributed by atoms with van der Waals surface area (Å²) in [5, 5.41) is 0. The second-order valence-electron chi connectivity index (χ2n) is 8.62. The van der Waals surface area contributed by atoms with Crippen LogP contribution in [0.3, 0.4) is 0 Å². The van der Waals surface area contributed by atoms with E-state index in [9.17, 15) is 0 Å². The number of ether oxygens (including phenoxy) is 4. The zero-order chi connectivity index (χ0) is 15.9. The lowest BCUT2D eigenvalue weighted by Crippen LogP contribution is -2.25. The van der Waals surface area contributed by atoms with E-state index >= 15 is 0 Å².